The van der Waals surface area contributed by atoms with Gasteiger partial charge in [-0.1, -0.05) is 12.1 Å². The van der Waals surface area contributed by atoms with Gasteiger partial charge in [-0.25, -0.2) is 0 Å². The third-order valence-corrected chi connectivity index (χ3v) is 5.17. The van der Waals surface area contributed by atoms with Gasteiger partial charge in [-0.15, -0.1) is 0 Å². The van der Waals surface area contributed by atoms with Crippen molar-refractivity contribution in [3.8, 4) is 17.2 Å². The van der Waals surface area contributed by atoms with Crippen LogP contribution in [0.2, 0.25) is 0 Å². The zero-order chi connectivity index (χ0) is 18.6. The summed E-state index contributed by atoms with van der Waals surface area (Å²) in [6, 6.07) is 13.5. The Kier molecular flexibility index (Phi) is 5.16. The molecule has 0 aliphatic carbocycles. The number of methoxy groups -OCH3 is 1. The predicted octanol–water partition coefficient (Wildman–Crippen LogP) is 2.99. The molecule has 2 aliphatic heterocycles. The van der Waals surface area contributed by atoms with Gasteiger partial charge in [-0.3, -0.25) is 9.69 Å². The fraction of sp³-hybridized carbons (Fsp3) is 0.381. The van der Waals surface area contributed by atoms with Crippen LogP contribution in [-0.2, 0) is 0 Å². The van der Waals surface area contributed by atoms with Gasteiger partial charge in [0.1, 0.15) is 5.75 Å². The van der Waals surface area contributed by atoms with Gasteiger partial charge in [0.25, 0.3) is 5.91 Å². The number of nitrogens with one attached hydrogen (secondary N) is 1. The molecular formula is C21H24N2O4. The molecule has 4 rings (SSSR count). The first kappa shape index (κ1) is 17.7. The van der Waals surface area contributed by atoms with Crippen molar-refractivity contribution in [3.05, 3.63) is 53.6 Å². The number of hydrogen-bond donors (Lipinski definition) is 1. The Morgan fingerprint density at radius 2 is 1.85 bits per heavy atom. The molecule has 2 aromatic rings. The van der Waals surface area contributed by atoms with Gasteiger partial charge in [-0.2, -0.15) is 0 Å². The molecule has 0 radical (unpaired) electrons. The molecule has 1 atom stereocenters. The third-order valence-electron chi connectivity index (χ3n) is 5.17. The molecule has 2 aromatic carbocycles. The molecule has 6 heteroatoms. The molecule has 2 heterocycles. The van der Waals surface area contributed by atoms with Crippen molar-refractivity contribution in [3.63, 3.8) is 0 Å². The van der Waals surface area contributed by atoms with Crippen LogP contribution >= 0.6 is 0 Å². The van der Waals surface area contributed by atoms with E-state index in [1.54, 1.807) is 25.3 Å². The fourth-order valence-electron chi connectivity index (χ4n) is 3.67. The number of nitrogens with zero attached hydrogens (tertiary/aromatic N) is 1. The average molecular weight is 368 g/mol. The highest BCUT2D eigenvalue weighted by molar-refractivity contribution is 5.95. The molecule has 1 N–H and O–H groups in total. The van der Waals surface area contributed by atoms with E-state index >= 15 is 0 Å². The molecule has 142 valence electrons. The maximum atomic E-state index is 12.6. The molecule has 1 unspecified atom stereocenters. The number of likely N-dealkylation sites (tertiary alicyclic amines) is 1. The average Bonchev–Trinajstić information content (AvgIpc) is 3.40. The van der Waals surface area contributed by atoms with Crippen molar-refractivity contribution in [2.45, 2.75) is 18.9 Å². The SMILES string of the molecule is COc1ccc(C(CNC(=O)c2ccc3c(c2)OCO3)N2CCCC2)cc1. The van der Waals surface area contributed by atoms with Crippen LogP contribution in [0.15, 0.2) is 42.5 Å². The van der Waals surface area contributed by atoms with E-state index in [2.05, 4.69) is 22.3 Å². The lowest BCUT2D eigenvalue weighted by atomic mass is 10.0. The first-order valence-corrected chi connectivity index (χ1v) is 9.30. The summed E-state index contributed by atoms with van der Waals surface area (Å²) in [4.78, 5) is 15.1. The van der Waals surface area contributed by atoms with Gasteiger partial charge in [0.05, 0.1) is 13.2 Å². The van der Waals surface area contributed by atoms with Gasteiger partial charge in [0.2, 0.25) is 6.79 Å². The summed E-state index contributed by atoms with van der Waals surface area (Å²) < 4.78 is 15.9. The number of fused-ring (bicyclic) bond motifs is 1. The molecule has 2 aliphatic rings. The molecule has 0 aromatic heterocycles. The van der Waals surface area contributed by atoms with Crippen molar-refractivity contribution < 1.29 is 19.0 Å². The van der Waals surface area contributed by atoms with Crippen molar-refractivity contribution >= 4 is 5.91 Å². The zero-order valence-electron chi connectivity index (χ0n) is 15.4. The number of ether oxygens (including phenoxy) is 3. The molecule has 1 amide bonds. The van der Waals surface area contributed by atoms with E-state index < -0.39 is 0 Å². The monoisotopic (exact) mass is 368 g/mol. The quantitative estimate of drug-likeness (QED) is 0.849. The molecular weight excluding hydrogens is 344 g/mol. The summed E-state index contributed by atoms with van der Waals surface area (Å²) >= 11 is 0. The third kappa shape index (κ3) is 3.85. The van der Waals surface area contributed by atoms with Crippen LogP contribution in [0.25, 0.3) is 0 Å². The molecule has 0 saturated carbocycles. The van der Waals surface area contributed by atoms with Crippen LogP contribution in [-0.4, -0.2) is 44.3 Å². The highest BCUT2D eigenvalue weighted by Gasteiger charge is 2.24. The summed E-state index contributed by atoms with van der Waals surface area (Å²) in [5.41, 5.74) is 1.76. The minimum Gasteiger partial charge on any atom is -0.497 e. The van der Waals surface area contributed by atoms with Crippen LogP contribution in [0.1, 0.15) is 34.8 Å². The van der Waals surface area contributed by atoms with E-state index in [1.807, 2.05) is 12.1 Å². The van der Waals surface area contributed by atoms with Crippen LogP contribution < -0.4 is 19.5 Å². The summed E-state index contributed by atoms with van der Waals surface area (Å²) in [7, 11) is 1.67. The van der Waals surface area contributed by atoms with E-state index in [9.17, 15) is 4.79 Å². The molecule has 1 saturated heterocycles. The van der Waals surface area contributed by atoms with Crippen molar-refractivity contribution in [1.82, 2.24) is 10.2 Å². The lowest BCUT2D eigenvalue weighted by Gasteiger charge is -2.28. The fourth-order valence-corrected chi connectivity index (χ4v) is 3.67. The van der Waals surface area contributed by atoms with E-state index in [1.165, 1.54) is 18.4 Å². The van der Waals surface area contributed by atoms with Gasteiger partial charge in [0.15, 0.2) is 11.5 Å². The smallest absolute Gasteiger partial charge is 0.251 e. The van der Waals surface area contributed by atoms with Crippen molar-refractivity contribution in [2.75, 3.05) is 33.5 Å². The highest BCUT2D eigenvalue weighted by atomic mass is 16.7. The molecule has 0 bridgehead atoms. The van der Waals surface area contributed by atoms with E-state index in [4.69, 9.17) is 14.2 Å². The second-order valence-electron chi connectivity index (χ2n) is 6.81. The largest absolute Gasteiger partial charge is 0.497 e. The Bertz CT molecular complexity index is 800. The Balaban J connectivity index is 1.47. The Hall–Kier alpha value is -2.73. The van der Waals surface area contributed by atoms with Crippen molar-refractivity contribution in [2.24, 2.45) is 0 Å². The highest BCUT2D eigenvalue weighted by Crippen LogP contribution is 2.32. The first-order chi connectivity index (χ1) is 13.2. The standard InChI is InChI=1S/C21H24N2O4/c1-25-17-7-4-15(5-8-17)18(23-10-2-3-11-23)13-22-21(24)16-6-9-19-20(12-16)27-14-26-19/h4-9,12,18H,2-3,10-11,13-14H2,1H3,(H,22,24). The van der Waals surface area contributed by atoms with Gasteiger partial charge < -0.3 is 19.5 Å². The Morgan fingerprint density at radius 3 is 2.59 bits per heavy atom. The molecule has 6 nitrogen and oxygen atoms in total. The molecule has 0 spiro atoms. The molecule has 1 fully saturated rings. The van der Waals surface area contributed by atoms with Gasteiger partial charge >= 0.3 is 0 Å². The van der Waals surface area contributed by atoms with E-state index in [-0.39, 0.29) is 18.7 Å². The van der Waals surface area contributed by atoms with Crippen LogP contribution in [0, 0.1) is 0 Å². The zero-order valence-corrected chi connectivity index (χ0v) is 15.4. The Labute approximate surface area is 159 Å². The lowest BCUT2D eigenvalue weighted by Crippen LogP contribution is -2.36. The van der Waals surface area contributed by atoms with Gasteiger partial charge in [-0.05, 0) is 61.8 Å². The summed E-state index contributed by atoms with van der Waals surface area (Å²) in [6.07, 6.45) is 2.39. The van der Waals surface area contributed by atoms with Crippen LogP contribution in [0.5, 0.6) is 17.2 Å². The van der Waals surface area contributed by atoms with E-state index in [0.29, 0.717) is 23.6 Å². The number of amides is 1. The lowest BCUT2D eigenvalue weighted by molar-refractivity contribution is 0.0937. The second kappa shape index (κ2) is 7.88. The number of rotatable bonds is 6. The van der Waals surface area contributed by atoms with Gasteiger partial charge in [0, 0.05) is 12.1 Å². The Morgan fingerprint density at radius 1 is 1.11 bits per heavy atom. The predicted molar refractivity (Wildman–Crippen MR) is 101 cm³/mol. The summed E-state index contributed by atoms with van der Waals surface area (Å²) in [5, 5.41) is 3.09. The molecule has 27 heavy (non-hydrogen) atoms. The first-order valence-electron chi connectivity index (χ1n) is 9.30. The topological polar surface area (TPSA) is 60.0 Å². The number of carbonyl (C=O) groups is 1. The maximum Gasteiger partial charge on any atom is 0.251 e. The maximum absolute atomic E-state index is 12.6. The van der Waals surface area contributed by atoms with Crippen molar-refractivity contribution in [1.29, 1.82) is 0 Å². The second-order valence-corrected chi connectivity index (χ2v) is 6.81. The summed E-state index contributed by atoms with van der Waals surface area (Å²) in [5.74, 6) is 2.03. The minimum atomic E-state index is -0.106. The normalized spacial score (nSPS) is 16.9. The summed E-state index contributed by atoms with van der Waals surface area (Å²) in [6.45, 7) is 2.86. The van der Waals surface area contributed by atoms with E-state index in [0.717, 1.165) is 18.8 Å². The number of carbonyl (C=O) groups excluding carboxylic acids is 1. The number of hydrogen-bond acceptors (Lipinski definition) is 5. The van der Waals surface area contributed by atoms with Crippen LogP contribution in [0.4, 0.5) is 0 Å². The number of benzene rings is 2. The minimum absolute atomic E-state index is 0.106. The van der Waals surface area contributed by atoms with Crippen LogP contribution in [0.3, 0.4) is 0 Å².